The van der Waals surface area contributed by atoms with E-state index in [1.165, 1.54) is 19.4 Å². The molecule has 1 N–H and O–H groups in total. The quantitative estimate of drug-likeness (QED) is 0.777. The molecule has 0 amide bonds. The highest BCUT2D eigenvalue weighted by atomic mass is 16.5. The Balaban J connectivity index is 2.34. The molecule has 0 aromatic rings. The van der Waals surface area contributed by atoms with E-state index in [1.807, 2.05) is 0 Å². The van der Waals surface area contributed by atoms with Crippen LogP contribution in [0, 0.1) is 0 Å². The molecule has 16 heavy (non-hydrogen) atoms. The lowest BCUT2D eigenvalue weighted by Crippen LogP contribution is -2.46. The molecule has 1 fully saturated rings. The first-order valence-electron chi connectivity index (χ1n) is 6.44. The van der Waals surface area contributed by atoms with Crippen LogP contribution < -0.4 is 5.32 Å². The smallest absolute Gasteiger partial charge is 0.0670 e. The second-order valence-electron chi connectivity index (χ2n) is 5.97. The molecule has 0 radical (unpaired) electrons. The maximum absolute atomic E-state index is 5.34. The molecule has 0 aromatic carbocycles. The van der Waals surface area contributed by atoms with Crippen molar-refractivity contribution in [1.82, 2.24) is 10.2 Å². The van der Waals surface area contributed by atoms with Crippen LogP contribution in [0.2, 0.25) is 0 Å². The predicted octanol–water partition coefficient (Wildman–Crippen LogP) is 1.87. The third kappa shape index (κ3) is 4.81. The van der Waals surface area contributed by atoms with Crippen molar-refractivity contribution in [3.63, 3.8) is 0 Å². The number of hydrogen-bond donors (Lipinski definition) is 1. The van der Waals surface area contributed by atoms with Gasteiger partial charge in [-0.1, -0.05) is 0 Å². The van der Waals surface area contributed by atoms with Gasteiger partial charge in [0.15, 0.2) is 0 Å². The van der Waals surface area contributed by atoms with E-state index in [9.17, 15) is 0 Å². The second kappa shape index (κ2) is 5.99. The van der Waals surface area contributed by atoms with Crippen LogP contribution in [0.15, 0.2) is 0 Å². The van der Waals surface area contributed by atoms with E-state index in [4.69, 9.17) is 4.74 Å². The van der Waals surface area contributed by atoms with Crippen LogP contribution in [0.25, 0.3) is 0 Å². The van der Waals surface area contributed by atoms with E-state index >= 15 is 0 Å². The molecule has 0 aromatic heterocycles. The fourth-order valence-electron chi connectivity index (χ4n) is 2.20. The van der Waals surface area contributed by atoms with Gasteiger partial charge in [-0.15, -0.1) is 0 Å². The topological polar surface area (TPSA) is 24.5 Å². The van der Waals surface area contributed by atoms with Gasteiger partial charge in [-0.25, -0.2) is 0 Å². The van der Waals surface area contributed by atoms with Crippen LogP contribution >= 0.6 is 0 Å². The average molecular weight is 228 g/mol. The van der Waals surface area contributed by atoms with Gasteiger partial charge in [-0.2, -0.15) is 0 Å². The molecule has 1 heterocycles. The zero-order valence-corrected chi connectivity index (χ0v) is 11.5. The molecular formula is C13H28N2O. The first-order valence-corrected chi connectivity index (χ1v) is 6.44. The van der Waals surface area contributed by atoms with Crippen molar-refractivity contribution in [2.24, 2.45) is 0 Å². The molecule has 1 rings (SSSR count). The third-order valence-corrected chi connectivity index (χ3v) is 3.26. The molecule has 96 valence electrons. The zero-order chi connectivity index (χ0) is 12.2. The Hall–Kier alpha value is -0.120. The van der Waals surface area contributed by atoms with Crippen molar-refractivity contribution in [1.29, 1.82) is 0 Å². The largest absolute Gasteiger partial charge is 0.380 e. The minimum Gasteiger partial charge on any atom is -0.380 e. The van der Waals surface area contributed by atoms with E-state index in [0.29, 0.717) is 12.1 Å². The summed E-state index contributed by atoms with van der Waals surface area (Å²) in [6, 6.07) is 0.692. The van der Waals surface area contributed by atoms with E-state index in [1.54, 1.807) is 7.11 Å². The summed E-state index contributed by atoms with van der Waals surface area (Å²) in [5, 5.41) is 3.60. The molecule has 3 heteroatoms. The summed E-state index contributed by atoms with van der Waals surface area (Å²) in [6.07, 6.45) is 2.99. The highest BCUT2D eigenvalue weighted by Crippen LogP contribution is 2.18. The summed E-state index contributed by atoms with van der Waals surface area (Å²) in [6.45, 7) is 12.2. The van der Waals surface area contributed by atoms with Gasteiger partial charge in [0.2, 0.25) is 0 Å². The van der Waals surface area contributed by atoms with Crippen molar-refractivity contribution < 1.29 is 4.74 Å². The monoisotopic (exact) mass is 228 g/mol. The summed E-state index contributed by atoms with van der Waals surface area (Å²) in [7, 11) is 1.79. The number of hydrogen-bond acceptors (Lipinski definition) is 3. The summed E-state index contributed by atoms with van der Waals surface area (Å²) in [5.41, 5.74) is 0.223. The second-order valence-corrected chi connectivity index (χ2v) is 5.97. The van der Waals surface area contributed by atoms with E-state index in [-0.39, 0.29) is 5.54 Å². The Morgan fingerprint density at radius 3 is 2.69 bits per heavy atom. The molecule has 0 saturated carbocycles. The Morgan fingerprint density at radius 2 is 2.12 bits per heavy atom. The van der Waals surface area contributed by atoms with E-state index in [2.05, 4.69) is 37.9 Å². The fourth-order valence-corrected chi connectivity index (χ4v) is 2.20. The van der Waals surface area contributed by atoms with Crippen molar-refractivity contribution >= 4 is 0 Å². The highest BCUT2D eigenvalue weighted by molar-refractivity contribution is 4.84. The molecule has 1 saturated heterocycles. The number of ether oxygens (including phenoxy) is 1. The van der Waals surface area contributed by atoms with Crippen LogP contribution in [0.5, 0.6) is 0 Å². The molecule has 0 bridgehead atoms. The van der Waals surface area contributed by atoms with Gasteiger partial charge in [-0.3, -0.25) is 4.90 Å². The predicted molar refractivity (Wildman–Crippen MR) is 68.8 cm³/mol. The van der Waals surface area contributed by atoms with Crippen LogP contribution in [0.1, 0.15) is 40.5 Å². The molecule has 0 spiro atoms. The number of methoxy groups -OCH3 is 1. The Labute approximate surface area is 101 Å². The lowest BCUT2D eigenvalue weighted by atomic mass is 10.1. The van der Waals surface area contributed by atoms with Crippen molar-refractivity contribution in [2.75, 3.05) is 26.7 Å². The van der Waals surface area contributed by atoms with Gasteiger partial charge in [0.25, 0.3) is 0 Å². The summed E-state index contributed by atoms with van der Waals surface area (Å²) >= 11 is 0. The molecule has 0 aliphatic carbocycles. The molecule has 1 aliphatic rings. The van der Waals surface area contributed by atoms with E-state index < -0.39 is 0 Å². The molecule has 2 atom stereocenters. The average Bonchev–Trinajstić information content (AvgIpc) is 2.61. The molecule has 2 unspecified atom stereocenters. The van der Waals surface area contributed by atoms with Gasteiger partial charge < -0.3 is 10.1 Å². The number of likely N-dealkylation sites (tertiary alicyclic amines) is 1. The Kier molecular flexibility index (Phi) is 5.22. The lowest BCUT2D eigenvalue weighted by molar-refractivity contribution is 0.0714. The molecular weight excluding hydrogens is 200 g/mol. The van der Waals surface area contributed by atoms with Gasteiger partial charge in [0.1, 0.15) is 0 Å². The third-order valence-electron chi connectivity index (χ3n) is 3.26. The summed E-state index contributed by atoms with van der Waals surface area (Å²) in [4.78, 5) is 2.56. The Bertz CT molecular complexity index is 201. The maximum Gasteiger partial charge on any atom is 0.0670 e. The van der Waals surface area contributed by atoms with Crippen LogP contribution in [-0.2, 0) is 4.74 Å². The highest BCUT2D eigenvalue weighted by Gasteiger charge is 2.26. The van der Waals surface area contributed by atoms with Gasteiger partial charge in [-0.05, 0) is 47.1 Å². The van der Waals surface area contributed by atoms with Gasteiger partial charge in [0, 0.05) is 31.8 Å². The summed E-state index contributed by atoms with van der Waals surface area (Å²) in [5.74, 6) is 0. The van der Waals surface area contributed by atoms with Crippen molar-refractivity contribution in [3.8, 4) is 0 Å². The number of nitrogens with one attached hydrogen (secondary N) is 1. The molecule has 1 aliphatic heterocycles. The van der Waals surface area contributed by atoms with Crippen molar-refractivity contribution in [2.45, 2.75) is 58.2 Å². The Morgan fingerprint density at radius 1 is 1.44 bits per heavy atom. The first kappa shape index (κ1) is 13.9. The summed E-state index contributed by atoms with van der Waals surface area (Å²) < 4.78 is 5.34. The van der Waals surface area contributed by atoms with Gasteiger partial charge >= 0.3 is 0 Å². The maximum atomic E-state index is 5.34. The standard InChI is InChI=1S/C13H28N2O/c1-11(16-5)10-15-8-6-7-12(15)9-14-13(2,3)4/h11-12,14H,6-10H2,1-5H3. The molecule has 3 nitrogen and oxygen atoms in total. The fraction of sp³-hybridized carbons (Fsp3) is 1.00. The van der Waals surface area contributed by atoms with Crippen LogP contribution in [-0.4, -0.2) is 49.3 Å². The van der Waals surface area contributed by atoms with Crippen LogP contribution in [0.4, 0.5) is 0 Å². The minimum atomic E-state index is 0.223. The zero-order valence-electron chi connectivity index (χ0n) is 11.5. The van der Waals surface area contributed by atoms with Gasteiger partial charge in [0.05, 0.1) is 6.10 Å². The number of rotatable bonds is 5. The normalized spacial score (nSPS) is 24.9. The minimum absolute atomic E-state index is 0.223. The van der Waals surface area contributed by atoms with E-state index in [0.717, 1.165) is 13.1 Å². The number of nitrogens with zero attached hydrogens (tertiary/aromatic N) is 1. The van der Waals surface area contributed by atoms with Crippen molar-refractivity contribution in [3.05, 3.63) is 0 Å². The first-order chi connectivity index (χ1) is 7.42. The SMILES string of the molecule is COC(C)CN1CCCC1CNC(C)(C)C. The lowest BCUT2D eigenvalue weighted by Gasteiger charge is -2.30. The van der Waals surface area contributed by atoms with Crippen LogP contribution in [0.3, 0.4) is 0 Å².